The summed E-state index contributed by atoms with van der Waals surface area (Å²) >= 11 is 0. The second-order valence-electron chi connectivity index (χ2n) is 8.53. The van der Waals surface area contributed by atoms with E-state index in [0.29, 0.717) is 30.9 Å². The van der Waals surface area contributed by atoms with Gasteiger partial charge in [-0.15, -0.1) is 0 Å². The van der Waals surface area contributed by atoms with Crippen LogP contribution in [0.15, 0.2) is 48.7 Å². The molecule has 1 aromatic heterocycles. The molecular weight excluding hydrogens is 396 g/mol. The van der Waals surface area contributed by atoms with Crippen LogP contribution >= 0.6 is 0 Å². The third kappa shape index (κ3) is 5.81. The summed E-state index contributed by atoms with van der Waals surface area (Å²) in [7, 11) is 0. The summed E-state index contributed by atoms with van der Waals surface area (Å²) in [5.41, 5.74) is 2.44. The number of pyridine rings is 1. The predicted octanol–water partition coefficient (Wildman–Crippen LogP) is 5.19. The number of nitro groups is 1. The lowest BCUT2D eigenvalue weighted by Gasteiger charge is -2.29. The molecule has 0 radical (unpaired) electrons. The maximum atomic E-state index is 12.3. The van der Waals surface area contributed by atoms with E-state index >= 15 is 0 Å². The number of ether oxygens (including phenoxy) is 1. The molecule has 31 heavy (non-hydrogen) atoms. The molecule has 164 valence electrons. The number of carbonyl (C=O) groups is 1. The topological polar surface area (TPSA) is 97.6 Å². The van der Waals surface area contributed by atoms with Crippen LogP contribution in [-0.2, 0) is 4.74 Å². The van der Waals surface area contributed by atoms with Crippen LogP contribution in [0.1, 0.15) is 51.4 Å². The minimum absolute atomic E-state index is 0.0710. The third-order valence-corrected chi connectivity index (χ3v) is 4.94. The standard InChI is InChI=1S/C23H28N4O4/c1-16(17-8-6-5-7-9-17)25-20-14-19(24-15-21(20)27(29)30)18-10-12-26(13-11-18)22(28)31-23(2,3)4/h5-10,14-16H,11-13H2,1-4H3,(H,24,25). The lowest BCUT2D eigenvalue weighted by atomic mass is 10.0. The summed E-state index contributed by atoms with van der Waals surface area (Å²) in [4.78, 5) is 29.3. The lowest BCUT2D eigenvalue weighted by molar-refractivity contribution is -0.384. The number of hydrogen-bond acceptors (Lipinski definition) is 6. The van der Waals surface area contributed by atoms with E-state index in [-0.39, 0.29) is 17.8 Å². The Morgan fingerprint density at radius 3 is 2.58 bits per heavy atom. The van der Waals surface area contributed by atoms with E-state index in [0.717, 1.165) is 11.1 Å². The Morgan fingerprint density at radius 2 is 2.00 bits per heavy atom. The Bertz CT molecular complexity index is 983. The highest BCUT2D eigenvalue weighted by molar-refractivity contribution is 5.74. The molecule has 0 bridgehead atoms. The summed E-state index contributed by atoms with van der Waals surface area (Å²) in [5, 5.41) is 14.8. The molecule has 1 unspecified atom stereocenters. The van der Waals surface area contributed by atoms with Gasteiger partial charge in [-0.1, -0.05) is 36.4 Å². The van der Waals surface area contributed by atoms with Gasteiger partial charge in [-0.25, -0.2) is 9.78 Å². The fraction of sp³-hybridized carbons (Fsp3) is 0.391. The summed E-state index contributed by atoms with van der Waals surface area (Å²) in [5.74, 6) is 0. The SMILES string of the molecule is CC(Nc1cc(C2=CCN(C(=O)OC(C)(C)C)CC2)ncc1[N+](=O)[O-])c1ccccc1. The molecule has 2 heterocycles. The van der Waals surface area contributed by atoms with Gasteiger partial charge in [0.2, 0.25) is 0 Å². The van der Waals surface area contributed by atoms with Crippen molar-refractivity contribution < 1.29 is 14.5 Å². The monoisotopic (exact) mass is 424 g/mol. The van der Waals surface area contributed by atoms with Gasteiger partial charge in [0, 0.05) is 19.1 Å². The van der Waals surface area contributed by atoms with Crippen LogP contribution in [0, 0.1) is 10.1 Å². The van der Waals surface area contributed by atoms with Crippen LogP contribution in [0.4, 0.5) is 16.2 Å². The Balaban J connectivity index is 1.79. The first-order valence-electron chi connectivity index (χ1n) is 10.3. The van der Waals surface area contributed by atoms with Gasteiger partial charge < -0.3 is 15.0 Å². The van der Waals surface area contributed by atoms with Crippen molar-refractivity contribution in [1.82, 2.24) is 9.88 Å². The second kappa shape index (κ2) is 9.16. The fourth-order valence-corrected chi connectivity index (χ4v) is 3.34. The Morgan fingerprint density at radius 1 is 1.29 bits per heavy atom. The smallest absolute Gasteiger partial charge is 0.410 e. The number of carbonyl (C=O) groups excluding carboxylic acids is 1. The number of hydrogen-bond donors (Lipinski definition) is 1. The van der Waals surface area contributed by atoms with Crippen LogP contribution in [0.3, 0.4) is 0 Å². The van der Waals surface area contributed by atoms with Crippen molar-refractivity contribution in [2.24, 2.45) is 0 Å². The van der Waals surface area contributed by atoms with Crippen molar-refractivity contribution in [3.05, 3.63) is 70.0 Å². The zero-order chi connectivity index (χ0) is 22.6. The van der Waals surface area contributed by atoms with Gasteiger partial charge in [0.15, 0.2) is 0 Å². The van der Waals surface area contributed by atoms with Gasteiger partial charge in [-0.2, -0.15) is 0 Å². The predicted molar refractivity (Wildman–Crippen MR) is 120 cm³/mol. The number of nitrogens with zero attached hydrogens (tertiary/aromatic N) is 3. The molecule has 8 nitrogen and oxygen atoms in total. The van der Waals surface area contributed by atoms with E-state index in [9.17, 15) is 14.9 Å². The van der Waals surface area contributed by atoms with Gasteiger partial charge in [-0.05, 0) is 51.3 Å². The molecule has 1 aliphatic heterocycles. The molecule has 0 fully saturated rings. The highest BCUT2D eigenvalue weighted by atomic mass is 16.6. The van der Waals surface area contributed by atoms with Crippen LogP contribution in [0.25, 0.3) is 5.57 Å². The molecule has 1 amide bonds. The van der Waals surface area contributed by atoms with Gasteiger partial charge in [0.1, 0.15) is 17.5 Å². The van der Waals surface area contributed by atoms with Crippen molar-refractivity contribution in [2.45, 2.75) is 45.8 Å². The summed E-state index contributed by atoms with van der Waals surface area (Å²) in [6, 6.07) is 11.3. The first kappa shape index (κ1) is 22.3. The molecule has 1 aliphatic rings. The van der Waals surface area contributed by atoms with Crippen LogP contribution < -0.4 is 5.32 Å². The lowest BCUT2D eigenvalue weighted by Crippen LogP contribution is -2.39. The first-order chi connectivity index (χ1) is 14.6. The van der Waals surface area contributed by atoms with Gasteiger partial charge in [0.25, 0.3) is 0 Å². The average molecular weight is 425 g/mol. The molecule has 1 atom stereocenters. The Hall–Kier alpha value is -3.42. The van der Waals surface area contributed by atoms with Gasteiger partial charge in [-0.3, -0.25) is 10.1 Å². The number of anilines is 1. The maximum absolute atomic E-state index is 12.3. The maximum Gasteiger partial charge on any atom is 0.410 e. The molecule has 3 rings (SSSR count). The highest BCUT2D eigenvalue weighted by Gasteiger charge is 2.25. The number of benzene rings is 1. The Labute approximate surface area is 182 Å². The Kier molecular flexibility index (Phi) is 6.58. The van der Waals surface area contributed by atoms with Crippen LogP contribution in [0.5, 0.6) is 0 Å². The highest BCUT2D eigenvalue weighted by Crippen LogP contribution is 2.31. The molecule has 8 heteroatoms. The molecule has 0 spiro atoms. The van der Waals surface area contributed by atoms with Gasteiger partial charge >= 0.3 is 11.8 Å². The number of aromatic nitrogens is 1. The van der Waals surface area contributed by atoms with E-state index in [1.165, 1.54) is 6.20 Å². The van der Waals surface area contributed by atoms with E-state index in [1.807, 2.05) is 64.1 Å². The van der Waals surface area contributed by atoms with Crippen LogP contribution in [0.2, 0.25) is 0 Å². The third-order valence-electron chi connectivity index (χ3n) is 4.94. The molecule has 0 saturated heterocycles. The zero-order valence-electron chi connectivity index (χ0n) is 18.3. The molecule has 1 N–H and O–H groups in total. The van der Waals surface area contributed by atoms with Crippen molar-refractivity contribution >= 4 is 23.0 Å². The minimum Gasteiger partial charge on any atom is -0.444 e. The van der Waals surface area contributed by atoms with Crippen molar-refractivity contribution in [3.8, 4) is 0 Å². The molecular formula is C23H28N4O4. The van der Waals surface area contributed by atoms with E-state index in [4.69, 9.17) is 4.74 Å². The quantitative estimate of drug-likeness (QED) is 0.524. The molecule has 1 aromatic carbocycles. The number of amides is 1. The normalized spacial score (nSPS) is 15.1. The summed E-state index contributed by atoms with van der Waals surface area (Å²) < 4.78 is 5.42. The minimum atomic E-state index is -0.545. The fourth-order valence-electron chi connectivity index (χ4n) is 3.34. The van der Waals surface area contributed by atoms with Crippen LogP contribution in [-0.4, -0.2) is 39.6 Å². The van der Waals surface area contributed by atoms with Gasteiger partial charge in [0.05, 0.1) is 10.6 Å². The van der Waals surface area contributed by atoms with Crippen molar-refractivity contribution in [2.75, 3.05) is 18.4 Å². The summed E-state index contributed by atoms with van der Waals surface area (Å²) in [6.07, 6.45) is 3.46. The number of nitrogens with one attached hydrogen (secondary N) is 1. The van der Waals surface area contributed by atoms with E-state index in [2.05, 4.69) is 10.3 Å². The summed E-state index contributed by atoms with van der Waals surface area (Å²) in [6.45, 7) is 8.37. The molecule has 2 aromatic rings. The molecule has 0 aliphatic carbocycles. The largest absolute Gasteiger partial charge is 0.444 e. The van der Waals surface area contributed by atoms with Crippen molar-refractivity contribution in [1.29, 1.82) is 0 Å². The zero-order valence-corrected chi connectivity index (χ0v) is 18.3. The molecule has 0 saturated carbocycles. The van der Waals surface area contributed by atoms with E-state index in [1.54, 1.807) is 11.0 Å². The second-order valence-corrected chi connectivity index (χ2v) is 8.53. The van der Waals surface area contributed by atoms with Crippen molar-refractivity contribution in [3.63, 3.8) is 0 Å². The average Bonchev–Trinajstić information content (AvgIpc) is 2.73. The first-order valence-corrected chi connectivity index (χ1v) is 10.3. The number of rotatable bonds is 5. The van der Waals surface area contributed by atoms with E-state index < -0.39 is 10.5 Å².